The molecule has 1 aromatic heterocycles. The predicted molar refractivity (Wildman–Crippen MR) is 59.0 cm³/mol. The van der Waals surface area contributed by atoms with Gasteiger partial charge in [-0.3, -0.25) is 16.1 Å². The van der Waals surface area contributed by atoms with E-state index < -0.39 is 0 Å². The van der Waals surface area contributed by atoms with E-state index in [4.69, 9.17) is 15.4 Å². The third kappa shape index (κ3) is 2.29. The van der Waals surface area contributed by atoms with Gasteiger partial charge in [0.25, 0.3) is 0 Å². The molecule has 16 heavy (non-hydrogen) atoms. The van der Waals surface area contributed by atoms with Crippen molar-refractivity contribution in [3.05, 3.63) is 23.9 Å². The van der Waals surface area contributed by atoms with Crippen molar-refractivity contribution in [1.82, 2.24) is 10.5 Å². The van der Waals surface area contributed by atoms with E-state index in [9.17, 15) is 0 Å². The van der Waals surface area contributed by atoms with Crippen molar-refractivity contribution in [1.29, 1.82) is 5.41 Å². The van der Waals surface area contributed by atoms with Crippen LogP contribution in [0.15, 0.2) is 18.3 Å². The quantitative estimate of drug-likeness (QED) is 0.379. The molecule has 0 bridgehead atoms. The van der Waals surface area contributed by atoms with E-state index in [0.29, 0.717) is 18.8 Å². The molecule has 2 heterocycles. The van der Waals surface area contributed by atoms with Gasteiger partial charge in [0.15, 0.2) is 0 Å². The summed E-state index contributed by atoms with van der Waals surface area (Å²) in [6, 6.07) is 3.45. The molecule has 1 fully saturated rings. The minimum absolute atomic E-state index is 0.0306. The Labute approximate surface area is 93.3 Å². The van der Waals surface area contributed by atoms with Gasteiger partial charge in [-0.1, -0.05) is 0 Å². The molecule has 1 aliphatic rings. The van der Waals surface area contributed by atoms with Gasteiger partial charge in [0.2, 0.25) is 0 Å². The molecule has 2 rings (SSSR count). The van der Waals surface area contributed by atoms with E-state index in [-0.39, 0.29) is 5.84 Å². The first-order valence-electron chi connectivity index (χ1n) is 5.09. The molecule has 0 aliphatic carbocycles. The third-order valence-corrected chi connectivity index (χ3v) is 2.48. The van der Waals surface area contributed by atoms with Gasteiger partial charge in [-0.25, -0.2) is 4.98 Å². The molecular weight excluding hydrogens is 208 g/mol. The van der Waals surface area contributed by atoms with Crippen molar-refractivity contribution < 1.29 is 9.94 Å². The van der Waals surface area contributed by atoms with E-state index in [1.807, 2.05) is 5.48 Å². The molecule has 1 aliphatic heterocycles. The van der Waals surface area contributed by atoms with Crippen molar-refractivity contribution in [3.8, 4) is 0 Å². The fourth-order valence-electron chi connectivity index (χ4n) is 1.60. The molecule has 0 aromatic carbocycles. The number of pyridine rings is 1. The molecular formula is C10H14N4O2. The molecule has 0 amide bonds. The first-order chi connectivity index (χ1) is 7.81. The van der Waals surface area contributed by atoms with Gasteiger partial charge in [-0.15, -0.1) is 0 Å². The maximum atomic E-state index is 8.66. The fraction of sp³-hybridized carbons (Fsp3) is 0.400. The highest BCUT2D eigenvalue weighted by atomic mass is 16.5. The molecule has 0 spiro atoms. The Balaban J connectivity index is 2.17. The molecule has 3 N–H and O–H groups in total. The Morgan fingerprint density at radius 2 is 2.25 bits per heavy atom. The topological polar surface area (TPSA) is 81.5 Å². The Bertz CT molecular complexity index is 377. The predicted octanol–water partition coefficient (Wildman–Crippen LogP) is 0.222. The summed E-state index contributed by atoms with van der Waals surface area (Å²) in [5, 5.41) is 16.1. The van der Waals surface area contributed by atoms with E-state index in [1.165, 1.54) is 0 Å². The summed E-state index contributed by atoms with van der Waals surface area (Å²) in [4.78, 5) is 6.34. The Kier molecular flexibility index (Phi) is 3.33. The van der Waals surface area contributed by atoms with Crippen LogP contribution in [0.5, 0.6) is 0 Å². The smallest absolute Gasteiger partial charge is 0.149 e. The molecule has 0 unspecified atom stereocenters. The van der Waals surface area contributed by atoms with Crippen LogP contribution in [-0.2, 0) is 4.74 Å². The number of nitrogens with zero attached hydrogens (tertiary/aromatic N) is 2. The average molecular weight is 222 g/mol. The molecule has 0 radical (unpaired) electrons. The number of hydrogen-bond donors (Lipinski definition) is 3. The maximum absolute atomic E-state index is 8.66. The van der Waals surface area contributed by atoms with Gasteiger partial charge < -0.3 is 9.64 Å². The minimum Gasteiger partial charge on any atom is -0.378 e. The lowest BCUT2D eigenvalue weighted by Gasteiger charge is -2.27. The lowest BCUT2D eigenvalue weighted by molar-refractivity contribution is 0.122. The molecule has 1 saturated heterocycles. The molecule has 86 valence electrons. The molecule has 6 heteroatoms. The van der Waals surface area contributed by atoms with E-state index >= 15 is 0 Å². The number of amidine groups is 1. The molecule has 6 nitrogen and oxygen atoms in total. The summed E-state index contributed by atoms with van der Waals surface area (Å²) in [5.74, 6) is 0.776. The van der Waals surface area contributed by atoms with Crippen molar-refractivity contribution in [2.24, 2.45) is 0 Å². The van der Waals surface area contributed by atoms with Crippen molar-refractivity contribution >= 4 is 11.7 Å². The van der Waals surface area contributed by atoms with Gasteiger partial charge >= 0.3 is 0 Å². The maximum Gasteiger partial charge on any atom is 0.149 e. The number of nitrogens with one attached hydrogen (secondary N) is 2. The summed E-state index contributed by atoms with van der Waals surface area (Å²) in [6.07, 6.45) is 1.63. The Hall–Kier alpha value is -1.66. The van der Waals surface area contributed by atoms with E-state index in [1.54, 1.807) is 18.3 Å². The number of hydroxylamine groups is 1. The second-order valence-electron chi connectivity index (χ2n) is 3.49. The first kappa shape index (κ1) is 10.8. The highest BCUT2D eigenvalue weighted by molar-refractivity contribution is 5.96. The summed E-state index contributed by atoms with van der Waals surface area (Å²) in [7, 11) is 0. The van der Waals surface area contributed by atoms with Gasteiger partial charge in [0.05, 0.1) is 13.2 Å². The van der Waals surface area contributed by atoms with Crippen LogP contribution in [0.4, 0.5) is 5.82 Å². The number of aromatic nitrogens is 1. The number of morpholine rings is 1. The van der Waals surface area contributed by atoms with Gasteiger partial charge in [-0.05, 0) is 12.1 Å². The summed E-state index contributed by atoms with van der Waals surface area (Å²) in [6.45, 7) is 3.00. The normalized spacial score (nSPS) is 15.9. The Morgan fingerprint density at radius 1 is 1.50 bits per heavy atom. The highest BCUT2D eigenvalue weighted by Gasteiger charge is 2.13. The minimum atomic E-state index is -0.0306. The van der Waals surface area contributed by atoms with Crippen LogP contribution >= 0.6 is 0 Å². The van der Waals surface area contributed by atoms with Crippen LogP contribution < -0.4 is 10.4 Å². The average Bonchev–Trinajstić information content (AvgIpc) is 2.39. The molecule has 0 saturated carbocycles. The SMILES string of the molecule is N=C(NO)c1ccnc(N2CCOCC2)c1. The van der Waals surface area contributed by atoms with E-state index in [2.05, 4.69) is 9.88 Å². The zero-order chi connectivity index (χ0) is 11.4. The van der Waals surface area contributed by atoms with Crippen LogP contribution in [0.1, 0.15) is 5.56 Å². The van der Waals surface area contributed by atoms with Crippen LogP contribution in [0.3, 0.4) is 0 Å². The summed E-state index contributed by atoms with van der Waals surface area (Å²) in [5.41, 5.74) is 2.43. The number of hydrogen-bond acceptors (Lipinski definition) is 5. The second kappa shape index (κ2) is 4.91. The van der Waals surface area contributed by atoms with Crippen molar-refractivity contribution in [3.63, 3.8) is 0 Å². The monoisotopic (exact) mass is 222 g/mol. The molecule has 1 aromatic rings. The number of ether oxygens (including phenoxy) is 1. The highest BCUT2D eigenvalue weighted by Crippen LogP contribution is 2.13. The van der Waals surface area contributed by atoms with Crippen LogP contribution in [-0.4, -0.2) is 42.3 Å². The van der Waals surface area contributed by atoms with Gasteiger partial charge in [0.1, 0.15) is 11.7 Å². The standard InChI is InChI=1S/C10H14N4O2/c11-10(13-15)8-1-2-12-9(7-8)14-3-5-16-6-4-14/h1-2,7,15H,3-6H2,(H2,11,13). The number of anilines is 1. The van der Waals surface area contributed by atoms with E-state index in [0.717, 1.165) is 18.9 Å². The zero-order valence-corrected chi connectivity index (χ0v) is 8.81. The van der Waals surface area contributed by atoms with Crippen LogP contribution in [0.25, 0.3) is 0 Å². The van der Waals surface area contributed by atoms with Crippen LogP contribution in [0.2, 0.25) is 0 Å². The summed E-state index contributed by atoms with van der Waals surface area (Å²) >= 11 is 0. The zero-order valence-electron chi connectivity index (χ0n) is 8.81. The second-order valence-corrected chi connectivity index (χ2v) is 3.49. The number of rotatable bonds is 2. The lowest BCUT2D eigenvalue weighted by atomic mass is 10.2. The molecule has 0 atom stereocenters. The van der Waals surface area contributed by atoms with Crippen LogP contribution in [0, 0.1) is 5.41 Å². The fourth-order valence-corrected chi connectivity index (χ4v) is 1.60. The summed E-state index contributed by atoms with van der Waals surface area (Å²) < 4.78 is 5.26. The third-order valence-electron chi connectivity index (χ3n) is 2.48. The lowest BCUT2D eigenvalue weighted by Crippen LogP contribution is -2.36. The van der Waals surface area contributed by atoms with Crippen molar-refractivity contribution in [2.45, 2.75) is 0 Å². The Morgan fingerprint density at radius 3 is 2.94 bits per heavy atom. The van der Waals surface area contributed by atoms with Gasteiger partial charge in [-0.2, -0.15) is 0 Å². The first-order valence-corrected chi connectivity index (χ1v) is 5.09. The largest absolute Gasteiger partial charge is 0.378 e. The van der Waals surface area contributed by atoms with Gasteiger partial charge in [0, 0.05) is 24.8 Å². The van der Waals surface area contributed by atoms with Crippen molar-refractivity contribution in [2.75, 3.05) is 31.2 Å².